The molecule has 2 rings (SSSR count). The molecule has 0 saturated carbocycles. The Labute approximate surface area is 163 Å². The maximum atomic E-state index is 12.8. The number of sulfone groups is 1. The fourth-order valence-electron chi connectivity index (χ4n) is 1.93. The molecule has 26 heavy (non-hydrogen) atoms. The van der Waals surface area contributed by atoms with Crippen LogP contribution in [0.4, 0.5) is 13.2 Å². The van der Waals surface area contributed by atoms with Crippen LogP contribution in [0.5, 0.6) is 0 Å². The van der Waals surface area contributed by atoms with Crippen molar-refractivity contribution in [1.29, 1.82) is 0 Å². The second-order valence-corrected chi connectivity index (χ2v) is 9.70. The van der Waals surface area contributed by atoms with Crippen LogP contribution < -0.4 is 0 Å². The van der Waals surface area contributed by atoms with Crippen LogP contribution in [0.2, 0.25) is 0 Å². The van der Waals surface area contributed by atoms with Gasteiger partial charge in [0.1, 0.15) is 5.75 Å². The van der Waals surface area contributed by atoms with Gasteiger partial charge < -0.3 is 9.66 Å². The second kappa shape index (κ2) is 7.74. The van der Waals surface area contributed by atoms with E-state index in [1.54, 1.807) is 24.3 Å². The number of hydrogen-bond donors (Lipinski definition) is 1. The Hall–Kier alpha value is -1.31. The van der Waals surface area contributed by atoms with Gasteiger partial charge in [0.05, 0.1) is 10.5 Å². The molecule has 0 bridgehead atoms. The Morgan fingerprint density at radius 3 is 2.23 bits per heavy atom. The number of benzene rings is 2. The van der Waals surface area contributed by atoms with E-state index < -0.39 is 42.9 Å². The van der Waals surface area contributed by atoms with Crippen molar-refractivity contribution in [3.63, 3.8) is 0 Å². The first-order valence-corrected chi connectivity index (χ1v) is 10.6. The highest BCUT2D eigenvalue weighted by atomic mass is 127. The third-order valence-corrected chi connectivity index (χ3v) is 6.76. The maximum absolute atomic E-state index is 12.8. The molecule has 0 radical (unpaired) electrons. The lowest BCUT2D eigenvalue weighted by Crippen LogP contribution is -2.24. The van der Waals surface area contributed by atoms with E-state index >= 15 is 0 Å². The summed E-state index contributed by atoms with van der Waals surface area (Å²) in [6, 6.07) is 8.69. The van der Waals surface area contributed by atoms with Gasteiger partial charge in [-0.15, -0.1) is 0 Å². The van der Waals surface area contributed by atoms with Crippen molar-refractivity contribution in [2.75, 3.05) is 0 Å². The summed E-state index contributed by atoms with van der Waals surface area (Å²) in [6.45, 7) is 0. The molecule has 0 aliphatic heterocycles. The van der Waals surface area contributed by atoms with Gasteiger partial charge in [-0.3, -0.25) is 0 Å². The lowest BCUT2D eigenvalue weighted by Gasteiger charge is -2.14. The largest absolute Gasteiger partial charge is 0.611 e. The molecule has 0 amide bonds. The molecule has 2 aromatic carbocycles. The van der Waals surface area contributed by atoms with E-state index in [4.69, 9.17) is 5.11 Å². The molecule has 11 heteroatoms. The Kier molecular flexibility index (Phi) is 6.25. The van der Waals surface area contributed by atoms with Crippen LogP contribution in [0.3, 0.4) is 0 Å². The number of alkyl halides is 3. The highest BCUT2D eigenvalue weighted by molar-refractivity contribution is 14.1. The summed E-state index contributed by atoms with van der Waals surface area (Å²) in [6.07, 6.45) is 0. The zero-order valence-electron chi connectivity index (χ0n) is 12.7. The predicted molar refractivity (Wildman–Crippen MR) is 95.9 cm³/mol. The van der Waals surface area contributed by atoms with E-state index in [-0.39, 0.29) is 10.6 Å². The molecule has 140 valence electrons. The average molecular weight is 518 g/mol. The van der Waals surface area contributed by atoms with E-state index in [1.807, 2.05) is 0 Å². The van der Waals surface area contributed by atoms with Crippen LogP contribution in [-0.2, 0) is 26.8 Å². The molecule has 0 aliphatic rings. The Morgan fingerprint density at radius 1 is 1.15 bits per heavy atom. The van der Waals surface area contributed by atoms with Gasteiger partial charge in [0.2, 0.25) is 0 Å². The van der Waals surface area contributed by atoms with E-state index in [0.29, 0.717) is 17.7 Å². The smallest absolute Gasteiger partial charge is 0.501 e. The zero-order chi connectivity index (χ0) is 19.7. The van der Waals surface area contributed by atoms with Crippen molar-refractivity contribution in [3.8, 4) is 0 Å². The topological polar surface area (TPSA) is 94.5 Å². The average Bonchev–Trinajstić information content (AvgIpc) is 2.55. The van der Waals surface area contributed by atoms with Gasteiger partial charge in [0, 0.05) is 21.3 Å². The van der Waals surface area contributed by atoms with E-state index in [2.05, 4.69) is 22.6 Å². The van der Waals surface area contributed by atoms with Gasteiger partial charge in [-0.1, -0.05) is 12.1 Å². The molecular weight excluding hydrogens is 508 g/mol. The Balaban J connectivity index is 2.48. The van der Waals surface area contributed by atoms with E-state index in [9.17, 15) is 30.9 Å². The van der Waals surface area contributed by atoms with Gasteiger partial charge in [0.15, 0.2) is 4.90 Å². The summed E-state index contributed by atoms with van der Waals surface area (Å²) in [4.78, 5) is 9.56. The second-order valence-electron chi connectivity index (χ2n) is 5.06. The summed E-state index contributed by atoms with van der Waals surface area (Å²) < 4.78 is 74.8. The summed E-state index contributed by atoms with van der Waals surface area (Å²) in [5.74, 6) is -1.73. The molecular formula is C15H10F3IO5S2. The third kappa shape index (κ3) is 4.69. The molecule has 1 unspecified atom stereocenters. The van der Waals surface area contributed by atoms with Gasteiger partial charge >= 0.3 is 11.5 Å². The standard InChI is InChI=1S/C15H10F3IO5S2/c16-15(17,18)26(23,24)13-6-10(14(20)21)5-12(7-13)25(22)8-9-1-3-11(19)4-2-9/h1-7H,8H2,(H,20,21). The van der Waals surface area contributed by atoms with Gasteiger partial charge in [-0.05, 0) is 52.0 Å². The Morgan fingerprint density at radius 2 is 1.73 bits per heavy atom. The highest BCUT2D eigenvalue weighted by Gasteiger charge is 2.47. The number of carbonyl (C=O) groups is 1. The lowest BCUT2D eigenvalue weighted by molar-refractivity contribution is -0.0436. The van der Waals surface area contributed by atoms with E-state index in [1.165, 1.54) is 0 Å². The monoisotopic (exact) mass is 518 g/mol. The van der Waals surface area contributed by atoms with Crippen LogP contribution in [0, 0.1) is 3.57 Å². The minimum Gasteiger partial charge on any atom is -0.611 e. The highest BCUT2D eigenvalue weighted by Crippen LogP contribution is 2.32. The van der Waals surface area contributed by atoms with Crippen LogP contribution >= 0.6 is 22.6 Å². The first kappa shape index (κ1) is 21.0. The van der Waals surface area contributed by atoms with Gasteiger partial charge in [0.25, 0.3) is 9.84 Å². The summed E-state index contributed by atoms with van der Waals surface area (Å²) >= 11 is 0.122. The number of carboxylic acids is 1. The maximum Gasteiger partial charge on any atom is 0.501 e. The zero-order valence-corrected chi connectivity index (χ0v) is 16.4. The van der Waals surface area contributed by atoms with Gasteiger partial charge in [-0.25, -0.2) is 13.2 Å². The number of halogens is 4. The molecule has 0 heterocycles. The number of hydrogen-bond acceptors (Lipinski definition) is 4. The fourth-order valence-corrected chi connectivity index (χ4v) is 4.38. The molecule has 0 aromatic heterocycles. The van der Waals surface area contributed by atoms with Crippen LogP contribution in [-0.4, -0.2) is 29.6 Å². The van der Waals surface area contributed by atoms with Crippen LogP contribution in [0.1, 0.15) is 15.9 Å². The van der Waals surface area contributed by atoms with Gasteiger partial charge in [-0.2, -0.15) is 13.2 Å². The molecule has 2 aromatic rings. The van der Waals surface area contributed by atoms with Crippen LogP contribution in [0.25, 0.3) is 0 Å². The SMILES string of the molecule is O=C(O)c1cc([S+]([O-])Cc2ccc(I)cc2)cc(S(=O)(=O)C(F)(F)F)c1. The first-order chi connectivity index (χ1) is 11.9. The fraction of sp³-hybridized carbons (Fsp3) is 0.133. The predicted octanol–water partition coefficient (Wildman–Crippen LogP) is 3.59. The third-order valence-electron chi connectivity index (χ3n) is 3.22. The van der Waals surface area contributed by atoms with Crippen molar-refractivity contribution >= 4 is 49.6 Å². The molecule has 0 spiro atoms. The quantitative estimate of drug-likeness (QED) is 0.483. The molecule has 0 saturated heterocycles. The minimum atomic E-state index is -5.77. The van der Waals surface area contributed by atoms with Crippen molar-refractivity contribution in [2.24, 2.45) is 0 Å². The normalized spacial score (nSPS) is 13.4. The Bertz CT molecular complexity index is 927. The molecule has 1 N–H and O–H groups in total. The number of rotatable bonds is 5. The van der Waals surface area contributed by atoms with Crippen molar-refractivity contribution in [2.45, 2.75) is 21.1 Å². The number of aromatic carboxylic acids is 1. The van der Waals surface area contributed by atoms with Crippen molar-refractivity contribution < 1.29 is 36.0 Å². The molecule has 0 fully saturated rings. The molecule has 0 aliphatic carbocycles. The summed E-state index contributed by atoms with van der Waals surface area (Å²) in [5, 5.41) is 9.03. The van der Waals surface area contributed by atoms with Crippen molar-refractivity contribution in [1.82, 2.24) is 0 Å². The molecule has 5 nitrogen and oxygen atoms in total. The number of carboxylic acid groups (broad SMARTS) is 1. The van der Waals surface area contributed by atoms with E-state index in [0.717, 1.165) is 9.64 Å². The first-order valence-electron chi connectivity index (χ1n) is 6.74. The molecule has 1 atom stereocenters. The lowest BCUT2D eigenvalue weighted by atomic mass is 10.2. The summed E-state index contributed by atoms with van der Waals surface area (Å²) in [7, 11) is -5.77. The van der Waals surface area contributed by atoms with Crippen LogP contribution in [0.15, 0.2) is 52.3 Å². The minimum absolute atomic E-state index is 0.106. The summed E-state index contributed by atoms with van der Waals surface area (Å²) in [5.41, 5.74) is -5.69. The van der Waals surface area contributed by atoms with Crippen molar-refractivity contribution in [3.05, 3.63) is 57.2 Å².